The molecule has 0 unspecified atom stereocenters. The van der Waals surface area contributed by atoms with Crippen molar-refractivity contribution in [1.29, 1.82) is 0 Å². The average molecular weight is 342 g/mol. The summed E-state index contributed by atoms with van der Waals surface area (Å²) in [7, 11) is 0. The lowest BCUT2D eigenvalue weighted by atomic mass is 9.99. The highest BCUT2D eigenvalue weighted by Gasteiger charge is 2.31. The van der Waals surface area contributed by atoms with E-state index in [9.17, 15) is 14.9 Å². The summed E-state index contributed by atoms with van der Waals surface area (Å²) in [6.07, 6.45) is 1.65. The van der Waals surface area contributed by atoms with Gasteiger partial charge >= 0.3 is 0 Å². The Morgan fingerprint density at radius 1 is 1.22 bits per heavy atom. The minimum absolute atomic E-state index is 0. The van der Waals surface area contributed by atoms with Crippen molar-refractivity contribution >= 4 is 24.0 Å². The van der Waals surface area contributed by atoms with Crippen LogP contribution in [-0.4, -0.2) is 48.0 Å². The number of ether oxygens (including phenoxy) is 1. The number of nitro benzene ring substituents is 1. The SMILES string of the molecule is Cl.O=C(C1CNC1)N1CCC(Oc2ccc([N+](=O)[O-])cc2)CC1. The molecule has 3 rings (SSSR count). The molecule has 0 saturated carbocycles. The van der Waals surface area contributed by atoms with E-state index in [2.05, 4.69) is 5.32 Å². The quantitative estimate of drug-likeness (QED) is 0.664. The third kappa shape index (κ3) is 4.11. The number of rotatable bonds is 4. The van der Waals surface area contributed by atoms with Gasteiger partial charge in [-0.3, -0.25) is 14.9 Å². The van der Waals surface area contributed by atoms with Crippen molar-refractivity contribution in [2.75, 3.05) is 26.2 Å². The van der Waals surface area contributed by atoms with Crippen LogP contribution in [0.2, 0.25) is 0 Å². The number of carbonyl (C=O) groups is 1. The molecule has 2 saturated heterocycles. The molecule has 2 fully saturated rings. The Kier molecular flexibility index (Phi) is 5.79. The van der Waals surface area contributed by atoms with Crippen LogP contribution in [0.5, 0.6) is 5.75 Å². The van der Waals surface area contributed by atoms with Gasteiger partial charge in [0.25, 0.3) is 5.69 Å². The zero-order chi connectivity index (χ0) is 15.5. The normalized spacial score (nSPS) is 18.7. The maximum Gasteiger partial charge on any atom is 0.269 e. The Labute approximate surface area is 140 Å². The number of benzene rings is 1. The second-order valence-electron chi connectivity index (χ2n) is 5.75. The topological polar surface area (TPSA) is 84.7 Å². The minimum Gasteiger partial charge on any atom is -0.490 e. The zero-order valence-corrected chi connectivity index (χ0v) is 13.5. The molecular weight excluding hydrogens is 322 g/mol. The molecule has 2 aliphatic heterocycles. The van der Waals surface area contributed by atoms with Crippen LogP contribution in [0, 0.1) is 16.0 Å². The van der Waals surface area contributed by atoms with Gasteiger partial charge in [-0.05, 0) is 12.1 Å². The van der Waals surface area contributed by atoms with Gasteiger partial charge in [0.2, 0.25) is 5.91 Å². The van der Waals surface area contributed by atoms with Crippen molar-refractivity contribution in [3.63, 3.8) is 0 Å². The monoisotopic (exact) mass is 341 g/mol. The van der Waals surface area contributed by atoms with Gasteiger partial charge in [0.1, 0.15) is 11.9 Å². The van der Waals surface area contributed by atoms with Crippen LogP contribution < -0.4 is 10.1 Å². The Morgan fingerprint density at radius 2 is 1.83 bits per heavy atom. The molecule has 1 N–H and O–H groups in total. The summed E-state index contributed by atoms with van der Waals surface area (Å²) in [5, 5.41) is 13.7. The van der Waals surface area contributed by atoms with Crippen LogP contribution in [0.25, 0.3) is 0 Å². The molecule has 0 atom stereocenters. The summed E-state index contributed by atoms with van der Waals surface area (Å²) in [6.45, 7) is 3.01. The lowest BCUT2D eigenvalue weighted by Crippen LogP contribution is -2.54. The largest absolute Gasteiger partial charge is 0.490 e. The number of likely N-dealkylation sites (tertiary alicyclic amines) is 1. The van der Waals surface area contributed by atoms with Gasteiger partial charge in [-0.15, -0.1) is 12.4 Å². The van der Waals surface area contributed by atoms with Gasteiger partial charge in [0.15, 0.2) is 0 Å². The minimum atomic E-state index is -0.427. The summed E-state index contributed by atoms with van der Waals surface area (Å²) >= 11 is 0. The molecule has 0 spiro atoms. The van der Waals surface area contributed by atoms with E-state index in [-0.39, 0.29) is 36.0 Å². The predicted molar refractivity (Wildman–Crippen MR) is 86.9 cm³/mol. The third-order valence-corrected chi connectivity index (χ3v) is 4.23. The third-order valence-electron chi connectivity index (χ3n) is 4.23. The van der Waals surface area contributed by atoms with Crippen LogP contribution in [0.3, 0.4) is 0 Å². The standard InChI is InChI=1S/C15H19N3O4.ClH/c19-15(11-9-16-10-11)17-7-5-14(6-8-17)22-13-3-1-12(2-4-13)18(20)21;/h1-4,11,14,16H,5-10H2;1H. The smallest absolute Gasteiger partial charge is 0.269 e. The predicted octanol–water partition coefficient (Wildman–Crippen LogP) is 1.61. The zero-order valence-electron chi connectivity index (χ0n) is 12.6. The summed E-state index contributed by atoms with van der Waals surface area (Å²) in [6, 6.07) is 6.13. The number of hydrogen-bond acceptors (Lipinski definition) is 5. The van der Waals surface area contributed by atoms with Crippen molar-refractivity contribution in [2.24, 2.45) is 5.92 Å². The summed E-state index contributed by atoms with van der Waals surface area (Å²) in [5.41, 5.74) is 0.0573. The van der Waals surface area contributed by atoms with Crippen LogP contribution in [-0.2, 0) is 4.79 Å². The number of nitrogens with zero attached hydrogens (tertiary/aromatic N) is 2. The number of halogens is 1. The number of nitro groups is 1. The fourth-order valence-corrected chi connectivity index (χ4v) is 2.75. The number of amides is 1. The van der Waals surface area contributed by atoms with Gasteiger partial charge in [0.05, 0.1) is 10.8 Å². The van der Waals surface area contributed by atoms with Crippen LogP contribution in [0.15, 0.2) is 24.3 Å². The molecular formula is C15H20ClN3O4. The first kappa shape index (κ1) is 17.5. The van der Waals surface area contributed by atoms with E-state index in [1.807, 2.05) is 4.90 Å². The molecule has 0 radical (unpaired) electrons. The molecule has 0 aliphatic carbocycles. The molecule has 1 aromatic rings. The highest BCUT2D eigenvalue weighted by Crippen LogP contribution is 2.22. The first-order valence-electron chi connectivity index (χ1n) is 7.54. The van der Waals surface area contributed by atoms with E-state index in [1.165, 1.54) is 12.1 Å². The maximum atomic E-state index is 12.1. The average Bonchev–Trinajstić information content (AvgIpc) is 2.46. The van der Waals surface area contributed by atoms with Crippen LogP contribution in [0.1, 0.15) is 12.8 Å². The molecule has 1 aromatic carbocycles. The molecule has 7 nitrogen and oxygen atoms in total. The van der Waals surface area contributed by atoms with Crippen LogP contribution in [0.4, 0.5) is 5.69 Å². The molecule has 2 aliphatic rings. The molecule has 2 heterocycles. The number of non-ortho nitro benzene ring substituents is 1. The van der Waals surface area contributed by atoms with E-state index in [0.717, 1.165) is 25.9 Å². The lowest BCUT2D eigenvalue weighted by molar-refractivity contribution is -0.384. The second kappa shape index (κ2) is 7.61. The molecule has 126 valence electrons. The highest BCUT2D eigenvalue weighted by atomic mass is 35.5. The van der Waals surface area contributed by atoms with Crippen molar-refractivity contribution in [2.45, 2.75) is 18.9 Å². The first-order chi connectivity index (χ1) is 10.6. The molecule has 23 heavy (non-hydrogen) atoms. The number of nitrogens with one attached hydrogen (secondary N) is 1. The maximum absolute atomic E-state index is 12.1. The van der Waals surface area contributed by atoms with E-state index >= 15 is 0 Å². The highest BCUT2D eigenvalue weighted by molar-refractivity contribution is 5.85. The first-order valence-corrected chi connectivity index (χ1v) is 7.54. The summed E-state index contributed by atoms with van der Waals surface area (Å²) in [4.78, 5) is 24.2. The molecule has 0 bridgehead atoms. The lowest BCUT2D eigenvalue weighted by Gasteiger charge is -2.36. The molecule has 1 amide bonds. The van der Waals surface area contributed by atoms with Crippen LogP contribution >= 0.6 is 12.4 Å². The van der Waals surface area contributed by atoms with Crippen molar-refractivity contribution < 1.29 is 14.5 Å². The van der Waals surface area contributed by atoms with Gasteiger partial charge in [-0.25, -0.2) is 0 Å². The fourth-order valence-electron chi connectivity index (χ4n) is 2.75. The molecule has 0 aromatic heterocycles. The Morgan fingerprint density at radius 3 is 2.30 bits per heavy atom. The Balaban J connectivity index is 0.00000192. The number of carbonyl (C=O) groups excluding carboxylic acids is 1. The van der Waals surface area contributed by atoms with E-state index in [4.69, 9.17) is 4.74 Å². The summed E-state index contributed by atoms with van der Waals surface area (Å²) < 4.78 is 5.85. The summed E-state index contributed by atoms with van der Waals surface area (Å²) in [5.74, 6) is 1.03. The van der Waals surface area contributed by atoms with E-state index in [0.29, 0.717) is 18.8 Å². The van der Waals surface area contributed by atoms with Gasteiger partial charge in [-0.1, -0.05) is 0 Å². The van der Waals surface area contributed by atoms with E-state index in [1.54, 1.807) is 12.1 Å². The fraction of sp³-hybridized carbons (Fsp3) is 0.533. The van der Waals surface area contributed by atoms with Gasteiger partial charge in [0, 0.05) is 51.2 Å². The van der Waals surface area contributed by atoms with Crippen molar-refractivity contribution in [1.82, 2.24) is 10.2 Å². The van der Waals surface area contributed by atoms with Crippen molar-refractivity contribution in [3.05, 3.63) is 34.4 Å². The van der Waals surface area contributed by atoms with E-state index < -0.39 is 4.92 Å². The second-order valence-corrected chi connectivity index (χ2v) is 5.75. The number of hydrogen-bond donors (Lipinski definition) is 1. The number of piperidine rings is 1. The van der Waals surface area contributed by atoms with Crippen molar-refractivity contribution in [3.8, 4) is 5.75 Å². The molecule has 8 heteroatoms. The van der Waals surface area contributed by atoms with Gasteiger partial charge < -0.3 is 15.0 Å². The van der Waals surface area contributed by atoms with Gasteiger partial charge in [-0.2, -0.15) is 0 Å². The Bertz CT molecular complexity index is 554. The Hall–Kier alpha value is -1.86.